The second-order valence-corrected chi connectivity index (χ2v) is 11.2. The number of rotatable bonds is 3. The van der Waals surface area contributed by atoms with E-state index in [0.717, 1.165) is 10.5 Å². The largest absolute Gasteiger partial charge is 0.489 e. The fourth-order valence-electron chi connectivity index (χ4n) is 5.65. The standard InChI is InChI=1S/C32H26N4O5/c1-32(2,3)41-31(39)36-21-13-12-18(40-16-17-9-6-5-7-10-17)15-20(21)23-25-24(29(37)35(4)30(25)38)22-19-11-8-14-33-28(19)34-26(22)27(23)36/h5-15H,16H2,1-4H3,(H,33,34). The van der Waals surface area contributed by atoms with Crippen molar-refractivity contribution in [2.24, 2.45) is 0 Å². The molecule has 7 rings (SSSR count). The van der Waals surface area contributed by atoms with Crippen molar-refractivity contribution in [2.45, 2.75) is 33.0 Å². The van der Waals surface area contributed by atoms with Crippen molar-refractivity contribution in [3.05, 3.63) is 83.6 Å². The number of benzene rings is 3. The minimum absolute atomic E-state index is 0.247. The van der Waals surface area contributed by atoms with Gasteiger partial charge in [-0.05, 0) is 56.7 Å². The molecule has 9 nitrogen and oxygen atoms in total. The third kappa shape index (κ3) is 3.69. The van der Waals surface area contributed by atoms with E-state index in [1.165, 1.54) is 11.6 Å². The predicted molar refractivity (Wildman–Crippen MR) is 155 cm³/mol. The Morgan fingerprint density at radius 2 is 1.66 bits per heavy atom. The monoisotopic (exact) mass is 546 g/mol. The summed E-state index contributed by atoms with van der Waals surface area (Å²) < 4.78 is 13.4. The average molecular weight is 547 g/mol. The van der Waals surface area contributed by atoms with E-state index in [4.69, 9.17) is 9.47 Å². The molecule has 9 heteroatoms. The third-order valence-corrected chi connectivity index (χ3v) is 7.36. The van der Waals surface area contributed by atoms with Gasteiger partial charge < -0.3 is 14.5 Å². The number of pyridine rings is 1. The number of ether oxygens (including phenoxy) is 2. The van der Waals surface area contributed by atoms with Crippen LogP contribution in [0.2, 0.25) is 0 Å². The number of imide groups is 1. The van der Waals surface area contributed by atoms with Gasteiger partial charge in [0.2, 0.25) is 0 Å². The molecule has 2 amide bonds. The van der Waals surface area contributed by atoms with Crippen LogP contribution in [-0.2, 0) is 11.3 Å². The molecule has 3 aromatic carbocycles. The summed E-state index contributed by atoms with van der Waals surface area (Å²) >= 11 is 0. The summed E-state index contributed by atoms with van der Waals surface area (Å²) in [5.41, 5.74) is 2.80. The van der Waals surface area contributed by atoms with Gasteiger partial charge in [0.25, 0.3) is 11.8 Å². The van der Waals surface area contributed by atoms with Crippen LogP contribution in [-0.4, -0.2) is 50.0 Å². The number of nitrogens with one attached hydrogen (secondary N) is 1. The van der Waals surface area contributed by atoms with E-state index in [2.05, 4.69) is 9.97 Å². The number of carbonyl (C=O) groups is 3. The van der Waals surface area contributed by atoms with Gasteiger partial charge in [-0.25, -0.2) is 14.3 Å². The molecule has 0 saturated heterocycles. The Morgan fingerprint density at radius 3 is 2.39 bits per heavy atom. The maximum Gasteiger partial charge on any atom is 0.419 e. The number of nitrogens with zero attached hydrogens (tertiary/aromatic N) is 3. The minimum Gasteiger partial charge on any atom is -0.489 e. The topological polar surface area (TPSA) is 107 Å². The summed E-state index contributed by atoms with van der Waals surface area (Å²) in [4.78, 5) is 50.0. The molecule has 0 saturated carbocycles. The van der Waals surface area contributed by atoms with Crippen LogP contribution in [0, 0.1) is 0 Å². The molecule has 6 aromatic rings. The fraction of sp³-hybridized carbons (Fsp3) is 0.188. The lowest BCUT2D eigenvalue weighted by Gasteiger charge is -2.20. The van der Waals surface area contributed by atoms with Crippen LogP contribution < -0.4 is 4.74 Å². The summed E-state index contributed by atoms with van der Waals surface area (Å²) in [6.45, 7) is 5.73. The number of H-pyrrole nitrogens is 1. The van der Waals surface area contributed by atoms with Crippen LogP contribution in [0.3, 0.4) is 0 Å². The third-order valence-electron chi connectivity index (χ3n) is 7.36. The number of hydrogen-bond donors (Lipinski definition) is 1. The number of aromatic nitrogens is 3. The number of amides is 2. The molecule has 0 aliphatic carbocycles. The van der Waals surface area contributed by atoms with E-state index < -0.39 is 23.5 Å². The van der Waals surface area contributed by atoms with E-state index in [1.807, 2.05) is 42.5 Å². The van der Waals surface area contributed by atoms with Crippen LogP contribution in [0.4, 0.5) is 4.79 Å². The number of hydrogen-bond acceptors (Lipinski definition) is 6. The molecule has 0 atom stereocenters. The quantitative estimate of drug-likeness (QED) is 0.257. The Hall–Kier alpha value is -5.18. The molecule has 1 aliphatic heterocycles. The van der Waals surface area contributed by atoms with Gasteiger partial charge in [0.15, 0.2) is 0 Å². The summed E-state index contributed by atoms with van der Waals surface area (Å²) in [7, 11) is 1.47. The van der Waals surface area contributed by atoms with Crippen LogP contribution in [0.25, 0.3) is 43.7 Å². The zero-order valence-electron chi connectivity index (χ0n) is 22.9. The first-order chi connectivity index (χ1) is 19.6. The van der Waals surface area contributed by atoms with Gasteiger partial charge in [-0.1, -0.05) is 30.3 Å². The van der Waals surface area contributed by atoms with Crippen molar-refractivity contribution in [3.63, 3.8) is 0 Å². The van der Waals surface area contributed by atoms with Crippen LogP contribution >= 0.6 is 0 Å². The van der Waals surface area contributed by atoms with Gasteiger partial charge in [0.1, 0.15) is 23.6 Å². The van der Waals surface area contributed by atoms with Gasteiger partial charge >= 0.3 is 6.09 Å². The molecule has 0 radical (unpaired) electrons. The number of aromatic amines is 1. The maximum absolute atomic E-state index is 13.8. The van der Waals surface area contributed by atoms with E-state index in [9.17, 15) is 14.4 Å². The highest BCUT2D eigenvalue weighted by molar-refractivity contribution is 6.39. The molecule has 41 heavy (non-hydrogen) atoms. The Balaban J connectivity index is 1.60. The number of fused-ring (bicyclic) bond motifs is 10. The highest BCUT2D eigenvalue weighted by Crippen LogP contribution is 2.45. The summed E-state index contributed by atoms with van der Waals surface area (Å²) in [6.07, 6.45) is 1.04. The summed E-state index contributed by atoms with van der Waals surface area (Å²) in [5, 5.41) is 2.31. The maximum atomic E-state index is 13.8. The molecule has 3 aromatic heterocycles. The summed E-state index contributed by atoms with van der Waals surface area (Å²) in [5.74, 6) is -0.285. The first-order valence-electron chi connectivity index (χ1n) is 13.3. The van der Waals surface area contributed by atoms with Crippen molar-refractivity contribution in [1.29, 1.82) is 0 Å². The lowest BCUT2D eigenvalue weighted by atomic mass is 9.97. The highest BCUT2D eigenvalue weighted by Gasteiger charge is 2.40. The van der Waals surface area contributed by atoms with Crippen molar-refractivity contribution < 1.29 is 23.9 Å². The van der Waals surface area contributed by atoms with Crippen LogP contribution in [0.1, 0.15) is 47.1 Å². The summed E-state index contributed by atoms with van der Waals surface area (Å²) in [6, 6.07) is 18.8. The van der Waals surface area contributed by atoms with Gasteiger partial charge in [-0.2, -0.15) is 0 Å². The van der Waals surface area contributed by atoms with E-state index in [0.29, 0.717) is 56.1 Å². The lowest BCUT2D eigenvalue weighted by Crippen LogP contribution is -2.27. The molecule has 1 N–H and O–H groups in total. The second kappa shape index (κ2) is 8.66. The van der Waals surface area contributed by atoms with Crippen molar-refractivity contribution >= 4 is 61.6 Å². The molecule has 0 fully saturated rings. The Kier molecular flexibility index (Phi) is 5.24. The predicted octanol–water partition coefficient (Wildman–Crippen LogP) is 6.41. The van der Waals surface area contributed by atoms with E-state index in [-0.39, 0.29) is 11.1 Å². The zero-order chi connectivity index (χ0) is 28.6. The van der Waals surface area contributed by atoms with Gasteiger partial charge in [-0.3, -0.25) is 14.5 Å². The molecule has 0 spiro atoms. The molecule has 1 aliphatic rings. The fourth-order valence-corrected chi connectivity index (χ4v) is 5.65. The lowest BCUT2D eigenvalue weighted by molar-refractivity contribution is 0.0550. The van der Waals surface area contributed by atoms with Gasteiger partial charge in [0, 0.05) is 34.8 Å². The number of carbonyl (C=O) groups excluding carboxylic acids is 3. The van der Waals surface area contributed by atoms with Crippen molar-refractivity contribution in [3.8, 4) is 5.75 Å². The average Bonchev–Trinajstić information content (AvgIpc) is 3.56. The van der Waals surface area contributed by atoms with Crippen LogP contribution in [0.15, 0.2) is 66.9 Å². The minimum atomic E-state index is -0.775. The smallest absolute Gasteiger partial charge is 0.419 e. The SMILES string of the molecule is CN1C(=O)c2c(c3c4cc(OCc5ccccc5)ccc4n(C(=O)OC(C)(C)C)c3c3[nH]c4ncccc4c23)C1=O. The Labute approximate surface area is 234 Å². The van der Waals surface area contributed by atoms with Crippen LogP contribution in [0.5, 0.6) is 5.75 Å². The Morgan fingerprint density at radius 1 is 0.927 bits per heavy atom. The normalized spacial score (nSPS) is 13.6. The van der Waals surface area contributed by atoms with Gasteiger partial charge in [-0.15, -0.1) is 0 Å². The molecular weight excluding hydrogens is 520 g/mol. The first kappa shape index (κ1) is 24.8. The molecular formula is C32H26N4O5. The molecule has 204 valence electrons. The molecule has 0 bridgehead atoms. The molecule has 4 heterocycles. The first-order valence-corrected chi connectivity index (χ1v) is 13.3. The highest BCUT2D eigenvalue weighted by atomic mass is 16.6. The zero-order valence-corrected chi connectivity index (χ0v) is 22.9. The Bertz CT molecular complexity index is 2080. The van der Waals surface area contributed by atoms with Gasteiger partial charge in [0.05, 0.1) is 27.7 Å². The second-order valence-electron chi connectivity index (χ2n) is 11.2. The van der Waals surface area contributed by atoms with Crippen molar-refractivity contribution in [2.75, 3.05) is 7.05 Å². The molecule has 0 unspecified atom stereocenters. The van der Waals surface area contributed by atoms with Crippen molar-refractivity contribution in [1.82, 2.24) is 19.4 Å². The van der Waals surface area contributed by atoms with E-state index in [1.54, 1.807) is 45.2 Å². The van der Waals surface area contributed by atoms with E-state index >= 15 is 0 Å².